The van der Waals surface area contributed by atoms with Gasteiger partial charge in [0.05, 0.1) is 0 Å². The lowest BCUT2D eigenvalue weighted by Gasteiger charge is -2.04. The van der Waals surface area contributed by atoms with Gasteiger partial charge in [-0.2, -0.15) is 4.39 Å². The van der Waals surface area contributed by atoms with Gasteiger partial charge in [-0.05, 0) is 37.5 Å². The van der Waals surface area contributed by atoms with Crippen molar-refractivity contribution in [1.29, 1.82) is 0 Å². The topological polar surface area (TPSA) is 66.4 Å². The summed E-state index contributed by atoms with van der Waals surface area (Å²) in [5, 5.41) is 11.0. The van der Waals surface area contributed by atoms with Crippen LogP contribution < -0.4 is 5.32 Å². The van der Waals surface area contributed by atoms with Crippen molar-refractivity contribution in [2.75, 3.05) is 5.32 Å². The number of carboxylic acids is 1. The minimum atomic E-state index is -1.55. The van der Waals surface area contributed by atoms with Gasteiger partial charge in [-0.15, -0.1) is 0 Å². The summed E-state index contributed by atoms with van der Waals surface area (Å²) in [5.74, 6) is -2.80. The lowest BCUT2D eigenvalue weighted by molar-refractivity contribution is -0.134. The van der Waals surface area contributed by atoms with Crippen molar-refractivity contribution in [1.82, 2.24) is 0 Å². The van der Waals surface area contributed by atoms with Gasteiger partial charge in [-0.25, -0.2) is 4.79 Å². The molecule has 0 heterocycles. The molecule has 1 aromatic rings. The van der Waals surface area contributed by atoms with Crippen LogP contribution in [0.5, 0.6) is 0 Å². The second-order valence-corrected chi connectivity index (χ2v) is 4.02. The van der Waals surface area contributed by atoms with Gasteiger partial charge in [0.15, 0.2) is 0 Å². The average Bonchev–Trinajstić information content (AvgIpc) is 2.39. The molecule has 19 heavy (non-hydrogen) atoms. The summed E-state index contributed by atoms with van der Waals surface area (Å²) in [6.45, 7) is 0. The van der Waals surface area contributed by atoms with Crippen LogP contribution in [0.2, 0.25) is 0 Å². The Bertz CT molecular complexity index is 457. The van der Waals surface area contributed by atoms with Gasteiger partial charge < -0.3 is 10.4 Å². The van der Waals surface area contributed by atoms with E-state index < -0.39 is 11.8 Å². The maximum Gasteiger partial charge on any atom is 0.364 e. The molecule has 0 aliphatic rings. The fraction of sp³-hybridized carbons (Fsp3) is 0.286. The Morgan fingerprint density at radius 3 is 2.53 bits per heavy atom. The molecular weight excluding hydrogens is 249 g/mol. The summed E-state index contributed by atoms with van der Waals surface area (Å²) in [6, 6.07) is 9.11. The highest BCUT2D eigenvalue weighted by Gasteiger charge is 2.04. The zero-order chi connectivity index (χ0) is 14.1. The number of benzene rings is 1. The van der Waals surface area contributed by atoms with Crippen molar-refractivity contribution in [3.8, 4) is 0 Å². The van der Waals surface area contributed by atoms with Gasteiger partial charge in [-0.1, -0.05) is 18.2 Å². The first-order valence-electron chi connectivity index (χ1n) is 6.03. The molecule has 1 amide bonds. The highest BCUT2D eigenvalue weighted by atomic mass is 19.1. The third-order valence-corrected chi connectivity index (χ3v) is 2.44. The van der Waals surface area contributed by atoms with Crippen LogP contribution in [0.15, 0.2) is 42.2 Å². The molecule has 0 spiro atoms. The molecule has 0 saturated carbocycles. The zero-order valence-electron chi connectivity index (χ0n) is 10.4. The first kappa shape index (κ1) is 14.9. The maximum absolute atomic E-state index is 12.6. The largest absolute Gasteiger partial charge is 0.476 e. The molecule has 0 aromatic heterocycles. The Kier molecular flexibility index (Phi) is 6.29. The van der Waals surface area contributed by atoms with E-state index in [0.717, 1.165) is 11.8 Å². The Morgan fingerprint density at radius 2 is 1.89 bits per heavy atom. The number of aliphatic carboxylic acids is 1. The fourth-order valence-electron chi connectivity index (χ4n) is 1.49. The van der Waals surface area contributed by atoms with Gasteiger partial charge in [-0.3, -0.25) is 4.79 Å². The van der Waals surface area contributed by atoms with Crippen LogP contribution in [0.3, 0.4) is 0 Å². The zero-order valence-corrected chi connectivity index (χ0v) is 10.4. The predicted molar refractivity (Wildman–Crippen MR) is 70.4 cm³/mol. The van der Waals surface area contributed by atoms with Crippen LogP contribution in [0, 0.1) is 0 Å². The first-order valence-corrected chi connectivity index (χ1v) is 6.03. The Balaban J connectivity index is 2.18. The number of unbranched alkanes of at least 4 members (excludes halogenated alkanes) is 2. The molecule has 0 saturated heterocycles. The number of anilines is 1. The van der Waals surface area contributed by atoms with Gasteiger partial charge in [0, 0.05) is 12.1 Å². The van der Waals surface area contributed by atoms with Crippen LogP contribution in [0.25, 0.3) is 0 Å². The molecule has 1 aromatic carbocycles. The number of hydrogen-bond acceptors (Lipinski definition) is 2. The molecule has 5 heteroatoms. The van der Waals surface area contributed by atoms with Crippen LogP contribution in [0.4, 0.5) is 10.1 Å². The lowest BCUT2D eigenvalue weighted by Crippen LogP contribution is -2.10. The molecule has 0 fully saturated rings. The summed E-state index contributed by atoms with van der Waals surface area (Å²) >= 11 is 0. The van der Waals surface area contributed by atoms with E-state index in [9.17, 15) is 14.0 Å². The number of carboxylic acid groups (broad SMARTS) is 1. The molecule has 0 atom stereocenters. The fourth-order valence-corrected chi connectivity index (χ4v) is 1.49. The van der Waals surface area contributed by atoms with Crippen molar-refractivity contribution in [3.63, 3.8) is 0 Å². The number of para-hydroxylation sites is 1. The third-order valence-electron chi connectivity index (χ3n) is 2.44. The number of hydrogen-bond donors (Lipinski definition) is 2. The smallest absolute Gasteiger partial charge is 0.364 e. The number of allylic oxidation sites excluding steroid dienone is 1. The quantitative estimate of drug-likeness (QED) is 0.588. The average molecular weight is 265 g/mol. The summed E-state index contributed by atoms with van der Waals surface area (Å²) in [6.07, 6.45) is 2.83. The van der Waals surface area contributed by atoms with Crippen molar-refractivity contribution in [3.05, 3.63) is 42.2 Å². The molecule has 4 nitrogen and oxygen atoms in total. The Hall–Kier alpha value is -2.17. The predicted octanol–water partition coefficient (Wildman–Crippen LogP) is 3.12. The number of carbonyl (C=O) groups is 2. The summed E-state index contributed by atoms with van der Waals surface area (Å²) in [5.41, 5.74) is 0.740. The van der Waals surface area contributed by atoms with Crippen LogP contribution in [-0.4, -0.2) is 17.0 Å². The van der Waals surface area contributed by atoms with Crippen molar-refractivity contribution < 1.29 is 19.1 Å². The molecule has 0 radical (unpaired) electrons. The molecule has 1 rings (SSSR count). The molecule has 0 aliphatic heterocycles. The Morgan fingerprint density at radius 1 is 1.21 bits per heavy atom. The second-order valence-electron chi connectivity index (χ2n) is 4.02. The molecule has 0 bridgehead atoms. The number of nitrogens with one attached hydrogen (secondary N) is 1. The van der Waals surface area contributed by atoms with E-state index in [1.165, 1.54) is 0 Å². The Labute approximate surface area is 110 Å². The van der Waals surface area contributed by atoms with E-state index in [-0.39, 0.29) is 5.91 Å². The second kappa shape index (κ2) is 8.02. The van der Waals surface area contributed by atoms with E-state index in [2.05, 4.69) is 5.32 Å². The van der Waals surface area contributed by atoms with Crippen LogP contribution in [-0.2, 0) is 9.59 Å². The van der Waals surface area contributed by atoms with Gasteiger partial charge in [0.2, 0.25) is 11.7 Å². The molecule has 0 unspecified atom stereocenters. The van der Waals surface area contributed by atoms with Gasteiger partial charge >= 0.3 is 5.97 Å². The van der Waals surface area contributed by atoms with Crippen molar-refractivity contribution in [2.24, 2.45) is 0 Å². The van der Waals surface area contributed by atoms with E-state index in [4.69, 9.17) is 5.11 Å². The molecular formula is C14H16FNO3. The highest BCUT2D eigenvalue weighted by molar-refractivity contribution is 5.90. The third kappa shape index (κ3) is 6.35. The number of amides is 1. The van der Waals surface area contributed by atoms with E-state index >= 15 is 0 Å². The molecule has 0 aliphatic carbocycles. The standard InChI is InChI=1S/C14H16FNO3/c15-12(14(18)19)9-5-2-6-10-13(17)16-11-7-3-1-4-8-11/h1,3-4,7-9H,2,5-6,10H2,(H,16,17)(H,18,19)/b12-9-. The summed E-state index contributed by atoms with van der Waals surface area (Å²) in [7, 11) is 0. The maximum atomic E-state index is 12.6. The monoisotopic (exact) mass is 265 g/mol. The van der Waals surface area contributed by atoms with Gasteiger partial charge in [0.25, 0.3) is 0 Å². The summed E-state index contributed by atoms with van der Waals surface area (Å²) in [4.78, 5) is 21.7. The SMILES string of the molecule is O=C(CCCC/C=C(\F)C(=O)O)Nc1ccccc1. The van der Waals surface area contributed by atoms with E-state index in [1.54, 1.807) is 12.1 Å². The van der Waals surface area contributed by atoms with E-state index in [1.807, 2.05) is 18.2 Å². The molecule has 102 valence electrons. The number of rotatable bonds is 7. The van der Waals surface area contributed by atoms with Crippen molar-refractivity contribution in [2.45, 2.75) is 25.7 Å². The number of halogens is 1. The summed E-state index contributed by atoms with van der Waals surface area (Å²) < 4.78 is 12.6. The lowest BCUT2D eigenvalue weighted by atomic mass is 10.1. The van der Waals surface area contributed by atoms with E-state index in [0.29, 0.717) is 25.7 Å². The first-order chi connectivity index (χ1) is 9.09. The minimum Gasteiger partial charge on any atom is -0.476 e. The minimum absolute atomic E-state index is 0.103. The van der Waals surface area contributed by atoms with Crippen LogP contribution >= 0.6 is 0 Å². The highest BCUT2D eigenvalue weighted by Crippen LogP contribution is 2.08. The van der Waals surface area contributed by atoms with Crippen LogP contribution in [0.1, 0.15) is 25.7 Å². The van der Waals surface area contributed by atoms with Crippen molar-refractivity contribution >= 4 is 17.6 Å². The van der Waals surface area contributed by atoms with Gasteiger partial charge in [0.1, 0.15) is 0 Å². The normalized spacial score (nSPS) is 11.1. The number of carbonyl (C=O) groups excluding carboxylic acids is 1. The molecule has 2 N–H and O–H groups in total.